The lowest BCUT2D eigenvalue weighted by Crippen LogP contribution is -2.05. The Morgan fingerprint density at radius 3 is 2.50 bits per heavy atom. The van der Waals surface area contributed by atoms with Crippen molar-refractivity contribution in [2.75, 3.05) is 6.54 Å². The molecule has 0 saturated carbocycles. The van der Waals surface area contributed by atoms with E-state index in [1.165, 1.54) is 0 Å². The van der Waals surface area contributed by atoms with Crippen molar-refractivity contribution in [3.05, 3.63) is 28.2 Å². The predicted octanol–water partition coefficient (Wildman–Crippen LogP) is 2.67. The first kappa shape index (κ1) is 9.49. The van der Waals surface area contributed by atoms with Crippen molar-refractivity contribution in [1.29, 1.82) is 0 Å². The monoisotopic (exact) mass is 226 g/mol. The van der Waals surface area contributed by atoms with Crippen LogP contribution in [-0.2, 0) is 0 Å². The Morgan fingerprint density at radius 2 is 1.93 bits per heavy atom. The summed E-state index contributed by atoms with van der Waals surface area (Å²) in [7, 11) is 0. The zero-order valence-electron chi connectivity index (χ0n) is 7.11. The van der Waals surface area contributed by atoms with Gasteiger partial charge in [0.1, 0.15) is 5.69 Å². The SMILES string of the molecule is Clc1cccc(Cl)c1N=C1[N]CC=N1. The molecule has 71 valence electrons. The van der Waals surface area contributed by atoms with Crippen molar-refractivity contribution in [2.24, 2.45) is 9.98 Å². The van der Waals surface area contributed by atoms with Gasteiger partial charge in [-0.15, -0.1) is 0 Å². The zero-order chi connectivity index (χ0) is 9.97. The molecule has 14 heavy (non-hydrogen) atoms. The maximum atomic E-state index is 5.92. The van der Waals surface area contributed by atoms with Crippen LogP contribution in [0.15, 0.2) is 28.2 Å². The van der Waals surface area contributed by atoms with Gasteiger partial charge in [0, 0.05) is 6.21 Å². The zero-order valence-corrected chi connectivity index (χ0v) is 8.63. The van der Waals surface area contributed by atoms with Gasteiger partial charge in [0.15, 0.2) is 0 Å². The number of hydrogen-bond donors (Lipinski definition) is 0. The molecular formula is C9H6Cl2N3. The Hall–Kier alpha value is -1.06. The largest absolute Gasteiger partial charge is 0.245 e. The molecular weight excluding hydrogens is 221 g/mol. The third kappa shape index (κ3) is 1.89. The third-order valence-electron chi connectivity index (χ3n) is 1.67. The molecule has 0 aliphatic carbocycles. The molecule has 1 radical (unpaired) electrons. The number of nitrogens with zero attached hydrogens (tertiary/aromatic N) is 3. The highest BCUT2D eigenvalue weighted by atomic mass is 35.5. The summed E-state index contributed by atoms with van der Waals surface area (Å²) < 4.78 is 0. The highest BCUT2D eigenvalue weighted by Gasteiger charge is 2.08. The molecule has 0 aromatic heterocycles. The minimum Gasteiger partial charge on any atom is -0.244 e. The fraction of sp³-hybridized carbons (Fsp3) is 0.111. The van der Waals surface area contributed by atoms with Crippen LogP contribution in [-0.4, -0.2) is 18.7 Å². The van der Waals surface area contributed by atoms with Crippen LogP contribution in [0.5, 0.6) is 0 Å². The average Bonchev–Trinajstić information content (AvgIpc) is 2.64. The topological polar surface area (TPSA) is 38.8 Å². The smallest absolute Gasteiger partial charge is 0.244 e. The molecule has 0 bridgehead atoms. The van der Waals surface area contributed by atoms with Crippen LogP contribution >= 0.6 is 23.2 Å². The molecule has 1 aliphatic rings. The summed E-state index contributed by atoms with van der Waals surface area (Å²) in [5.74, 6) is 0.417. The van der Waals surface area contributed by atoms with E-state index < -0.39 is 0 Å². The highest BCUT2D eigenvalue weighted by Crippen LogP contribution is 2.32. The summed E-state index contributed by atoms with van der Waals surface area (Å²) in [6, 6.07) is 5.22. The lowest BCUT2D eigenvalue weighted by atomic mass is 10.3. The van der Waals surface area contributed by atoms with Gasteiger partial charge in [0.25, 0.3) is 0 Å². The van der Waals surface area contributed by atoms with Crippen LogP contribution in [0.25, 0.3) is 0 Å². The Morgan fingerprint density at radius 1 is 1.21 bits per heavy atom. The minimum absolute atomic E-state index is 0.417. The number of para-hydroxylation sites is 1. The van der Waals surface area contributed by atoms with Gasteiger partial charge in [-0.05, 0) is 12.1 Å². The van der Waals surface area contributed by atoms with E-state index in [1.54, 1.807) is 24.4 Å². The Kier molecular flexibility index (Phi) is 2.70. The number of aliphatic imine (C=N–C) groups is 2. The van der Waals surface area contributed by atoms with E-state index in [9.17, 15) is 0 Å². The quantitative estimate of drug-likeness (QED) is 0.707. The lowest BCUT2D eigenvalue weighted by Gasteiger charge is -2.00. The van der Waals surface area contributed by atoms with Gasteiger partial charge in [-0.2, -0.15) is 0 Å². The van der Waals surface area contributed by atoms with E-state index in [0.717, 1.165) is 0 Å². The summed E-state index contributed by atoms with van der Waals surface area (Å²) in [4.78, 5) is 8.10. The first-order valence-corrected chi connectivity index (χ1v) is 4.76. The number of benzene rings is 1. The van der Waals surface area contributed by atoms with Gasteiger partial charge in [-0.3, -0.25) is 0 Å². The lowest BCUT2D eigenvalue weighted by molar-refractivity contribution is 1.09. The summed E-state index contributed by atoms with van der Waals surface area (Å²) in [5, 5.41) is 5.03. The van der Waals surface area contributed by atoms with Crippen LogP contribution in [0, 0.1) is 0 Å². The summed E-state index contributed by atoms with van der Waals surface area (Å²) in [5.41, 5.74) is 0.522. The van der Waals surface area contributed by atoms with Crippen molar-refractivity contribution in [2.45, 2.75) is 0 Å². The van der Waals surface area contributed by atoms with E-state index in [1.807, 2.05) is 0 Å². The molecule has 0 atom stereocenters. The molecule has 0 spiro atoms. The number of rotatable bonds is 1. The fourth-order valence-corrected chi connectivity index (χ4v) is 1.53. The van der Waals surface area contributed by atoms with E-state index >= 15 is 0 Å². The minimum atomic E-state index is 0.417. The summed E-state index contributed by atoms with van der Waals surface area (Å²) in [6.07, 6.45) is 1.68. The second-order valence-corrected chi connectivity index (χ2v) is 3.45. The molecule has 3 nitrogen and oxygen atoms in total. The molecule has 0 unspecified atom stereocenters. The molecule has 1 heterocycles. The third-order valence-corrected chi connectivity index (χ3v) is 2.28. The molecule has 0 N–H and O–H groups in total. The van der Waals surface area contributed by atoms with Crippen LogP contribution < -0.4 is 5.32 Å². The van der Waals surface area contributed by atoms with Crippen molar-refractivity contribution < 1.29 is 0 Å². The number of hydrogen-bond acceptors (Lipinski definition) is 1. The van der Waals surface area contributed by atoms with E-state index in [4.69, 9.17) is 23.2 Å². The van der Waals surface area contributed by atoms with Crippen molar-refractivity contribution in [3.63, 3.8) is 0 Å². The molecule has 1 aliphatic heterocycles. The highest BCUT2D eigenvalue weighted by molar-refractivity contribution is 6.38. The first-order chi connectivity index (χ1) is 6.77. The fourth-order valence-electron chi connectivity index (χ4n) is 1.05. The Labute approximate surface area is 91.5 Å². The van der Waals surface area contributed by atoms with E-state index in [-0.39, 0.29) is 0 Å². The normalized spacial score (nSPS) is 17.4. The van der Waals surface area contributed by atoms with Gasteiger partial charge >= 0.3 is 0 Å². The maximum absolute atomic E-state index is 5.92. The molecule has 0 amide bonds. The molecule has 1 aromatic carbocycles. The average molecular weight is 227 g/mol. The molecule has 0 fully saturated rings. The van der Waals surface area contributed by atoms with Crippen LogP contribution in [0.1, 0.15) is 0 Å². The van der Waals surface area contributed by atoms with E-state index in [2.05, 4.69) is 15.3 Å². The Bertz CT molecular complexity index is 392. The maximum Gasteiger partial charge on any atom is 0.245 e. The second kappa shape index (κ2) is 3.98. The predicted molar refractivity (Wildman–Crippen MR) is 59.1 cm³/mol. The summed E-state index contributed by atoms with van der Waals surface area (Å²) in [6.45, 7) is 0.570. The van der Waals surface area contributed by atoms with Gasteiger partial charge in [-0.1, -0.05) is 29.3 Å². The van der Waals surface area contributed by atoms with Crippen LogP contribution in [0.4, 0.5) is 5.69 Å². The number of halogens is 2. The van der Waals surface area contributed by atoms with E-state index in [0.29, 0.717) is 28.2 Å². The Balaban J connectivity index is 2.41. The van der Waals surface area contributed by atoms with Crippen molar-refractivity contribution in [3.8, 4) is 0 Å². The standard InChI is InChI=1S/C9H6Cl2N3/c10-6-2-1-3-7(11)8(6)14-9-12-4-5-13-9/h1-4H,5H2. The van der Waals surface area contributed by atoms with Crippen molar-refractivity contribution in [1.82, 2.24) is 5.32 Å². The van der Waals surface area contributed by atoms with Gasteiger partial charge in [0.2, 0.25) is 5.96 Å². The van der Waals surface area contributed by atoms with Crippen molar-refractivity contribution >= 4 is 41.1 Å². The molecule has 1 aromatic rings. The van der Waals surface area contributed by atoms with Crippen LogP contribution in [0.3, 0.4) is 0 Å². The summed E-state index contributed by atoms with van der Waals surface area (Å²) >= 11 is 11.8. The number of guanidine groups is 1. The van der Waals surface area contributed by atoms with Gasteiger partial charge in [0.05, 0.1) is 16.6 Å². The van der Waals surface area contributed by atoms with Crippen LogP contribution in [0.2, 0.25) is 10.0 Å². The molecule has 5 heteroatoms. The van der Waals surface area contributed by atoms with Gasteiger partial charge < -0.3 is 0 Å². The molecule has 0 saturated heterocycles. The van der Waals surface area contributed by atoms with Gasteiger partial charge in [-0.25, -0.2) is 15.3 Å². The first-order valence-electron chi connectivity index (χ1n) is 4.00. The molecule has 2 rings (SSSR count). The second-order valence-electron chi connectivity index (χ2n) is 2.63.